The van der Waals surface area contributed by atoms with Gasteiger partial charge in [-0.1, -0.05) is 12.1 Å². The molecule has 0 unspecified atom stereocenters. The van der Waals surface area contributed by atoms with Crippen molar-refractivity contribution < 1.29 is 10.2 Å². The first-order chi connectivity index (χ1) is 10.1. The van der Waals surface area contributed by atoms with Gasteiger partial charge in [0.1, 0.15) is 11.5 Å². The molecule has 21 heavy (non-hydrogen) atoms. The van der Waals surface area contributed by atoms with E-state index < -0.39 is 0 Å². The van der Waals surface area contributed by atoms with Crippen molar-refractivity contribution in [2.75, 3.05) is 13.6 Å². The fourth-order valence-corrected chi connectivity index (χ4v) is 3.04. The number of fused-ring (bicyclic) bond motifs is 2. The van der Waals surface area contributed by atoms with Crippen molar-refractivity contribution in [3.63, 3.8) is 0 Å². The Kier molecular flexibility index (Phi) is 3.84. The van der Waals surface area contributed by atoms with Crippen LogP contribution in [0.3, 0.4) is 0 Å². The van der Waals surface area contributed by atoms with Crippen LogP contribution < -0.4 is 0 Å². The van der Waals surface area contributed by atoms with Crippen LogP contribution in [0.2, 0.25) is 0 Å². The smallest absolute Gasteiger partial charge is 0.115 e. The SMILES string of the molecule is CN1CCc2cc(O)ccc2CCc2ccc(O)cc2C1. The summed E-state index contributed by atoms with van der Waals surface area (Å²) in [5.41, 5.74) is 5.05. The van der Waals surface area contributed by atoms with Crippen molar-refractivity contribution in [2.45, 2.75) is 25.8 Å². The van der Waals surface area contributed by atoms with E-state index in [-0.39, 0.29) is 0 Å². The van der Waals surface area contributed by atoms with Crippen LogP contribution in [0.5, 0.6) is 11.5 Å². The molecule has 0 radical (unpaired) electrons. The predicted molar refractivity (Wildman–Crippen MR) is 83.7 cm³/mol. The van der Waals surface area contributed by atoms with Crippen molar-refractivity contribution in [2.24, 2.45) is 0 Å². The van der Waals surface area contributed by atoms with E-state index in [9.17, 15) is 10.2 Å². The lowest BCUT2D eigenvalue weighted by molar-refractivity contribution is 0.328. The summed E-state index contributed by atoms with van der Waals surface area (Å²) in [5, 5.41) is 19.4. The molecule has 0 aromatic heterocycles. The quantitative estimate of drug-likeness (QED) is 0.781. The van der Waals surface area contributed by atoms with Crippen molar-refractivity contribution in [3.05, 3.63) is 58.7 Å². The molecule has 0 spiro atoms. The van der Waals surface area contributed by atoms with Gasteiger partial charge < -0.3 is 15.1 Å². The highest BCUT2D eigenvalue weighted by Gasteiger charge is 2.12. The fourth-order valence-electron chi connectivity index (χ4n) is 3.04. The Hall–Kier alpha value is -2.00. The van der Waals surface area contributed by atoms with Gasteiger partial charge in [-0.25, -0.2) is 0 Å². The van der Waals surface area contributed by atoms with Gasteiger partial charge in [-0.05, 0) is 72.8 Å². The number of aromatic hydroxyl groups is 2. The maximum Gasteiger partial charge on any atom is 0.115 e. The number of benzene rings is 2. The zero-order chi connectivity index (χ0) is 14.8. The summed E-state index contributed by atoms with van der Waals surface area (Å²) in [6.07, 6.45) is 2.87. The lowest BCUT2D eigenvalue weighted by atomic mass is 9.94. The molecule has 2 aromatic carbocycles. The van der Waals surface area contributed by atoms with Crippen LogP contribution in [0.15, 0.2) is 36.4 Å². The largest absolute Gasteiger partial charge is 0.508 e. The predicted octanol–water partition coefficient (Wildman–Crippen LogP) is 2.87. The molecule has 0 saturated carbocycles. The van der Waals surface area contributed by atoms with Crippen molar-refractivity contribution in [1.29, 1.82) is 0 Å². The maximum absolute atomic E-state index is 9.70. The van der Waals surface area contributed by atoms with Crippen LogP contribution in [0, 0.1) is 0 Å². The van der Waals surface area contributed by atoms with Crippen molar-refractivity contribution in [1.82, 2.24) is 4.90 Å². The van der Waals surface area contributed by atoms with Gasteiger partial charge in [-0.2, -0.15) is 0 Å². The van der Waals surface area contributed by atoms with Crippen LogP contribution in [0.1, 0.15) is 22.3 Å². The minimum Gasteiger partial charge on any atom is -0.508 e. The number of phenols is 2. The van der Waals surface area contributed by atoms with E-state index in [2.05, 4.69) is 11.9 Å². The van der Waals surface area contributed by atoms with E-state index in [1.165, 1.54) is 22.3 Å². The molecule has 1 heterocycles. The number of hydrogen-bond donors (Lipinski definition) is 2. The van der Waals surface area contributed by atoms with Gasteiger partial charge >= 0.3 is 0 Å². The first-order valence-electron chi connectivity index (χ1n) is 7.42. The first kappa shape index (κ1) is 14.0. The number of likely N-dealkylation sites (N-methyl/N-ethyl adjacent to an activating group) is 1. The minimum absolute atomic E-state index is 0.338. The average molecular weight is 283 g/mol. The van der Waals surface area contributed by atoms with Crippen LogP contribution >= 0.6 is 0 Å². The third kappa shape index (κ3) is 3.19. The topological polar surface area (TPSA) is 43.7 Å². The van der Waals surface area contributed by atoms with E-state index >= 15 is 0 Å². The molecule has 0 bridgehead atoms. The first-order valence-corrected chi connectivity index (χ1v) is 7.42. The summed E-state index contributed by atoms with van der Waals surface area (Å²) in [4.78, 5) is 2.26. The molecule has 2 aromatic rings. The second-order valence-corrected chi connectivity index (χ2v) is 5.89. The normalized spacial score (nSPS) is 16.0. The molecule has 3 rings (SSSR count). The van der Waals surface area contributed by atoms with Crippen LogP contribution in [0.25, 0.3) is 0 Å². The van der Waals surface area contributed by atoms with Gasteiger partial charge in [-0.3, -0.25) is 0 Å². The third-order valence-corrected chi connectivity index (χ3v) is 4.25. The van der Waals surface area contributed by atoms with Crippen LogP contribution in [-0.2, 0) is 25.8 Å². The molecular weight excluding hydrogens is 262 g/mol. The minimum atomic E-state index is 0.338. The van der Waals surface area contributed by atoms with E-state index in [0.717, 1.165) is 32.4 Å². The molecule has 1 aliphatic rings. The Morgan fingerprint density at radius 1 is 0.762 bits per heavy atom. The Morgan fingerprint density at radius 3 is 2.00 bits per heavy atom. The third-order valence-electron chi connectivity index (χ3n) is 4.25. The molecule has 1 aliphatic heterocycles. The van der Waals surface area contributed by atoms with E-state index in [4.69, 9.17) is 0 Å². The average Bonchev–Trinajstić information content (AvgIpc) is 2.45. The Bertz CT molecular complexity index is 652. The summed E-state index contributed by atoms with van der Waals surface area (Å²) in [5.74, 6) is 0.684. The number of rotatable bonds is 0. The monoisotopic (exact) mass is 283 g/mol. The molecular formula is C18H21NO2. The van der Waals surface area contributed by atoms with Crippen LogP contribution in [0.4, 0.5) is 0 Å². The molecule has 2 N–H and O–H groups in total. The Labute approximate surface area is 125 Å². The Morgan fingerprint density at radius 2 is 1.33 bits per heavy atom. The second kappa shape index (κ2) is 5.78. The summed E-state index contributed by atoms with van der Waals surface area (Å²) in [6.45, 7) is 1.78. The lowest BCUT2D eigenvalue weighted by Gasteiger charge is -2.22. The molecule has 3 heteroatoms. The molecule has 110 valence electrons. The fraction of sp³-hybridized carbons (Fsp3) is 0.333. The van der Waals surface area contributed by atoms with Gasteiger partial charge in [0.25, 0.3) is 0 Å². The molecule has 0 fully saturated rings. The summed E-state index contributed by atoms with van der Waals surface area (Å²) in [7, 11) is 2.10. The highest BCUT2D eigenvalue weighted by molar-refractivity contribution is 5.39. The van der Waals surface area contributed by atoms with Gasteiger partial charge in [0, 0.05) is 13.1 Å². The number of aryl methyl sites for hydroxylation is 2. The number of hydrogen-bond acceptors (Lipinski definition) is 3. The number of phenolic OH excluding ortho intramolecular Hbond substituents is 2. The zero-order valence-electron chi connectivity index (χ0n) is 12.3. The molecule has 3 nitrogen and oxygen atoms in total. The van der Waals surface area contributed by atoms with E-state index in [0.29, 0.717) is 11.5 Å². The Balaban J connectivity index is 1.96. The number of nitrogens with zero attached hydrogens (tertiary/aromatic N) is 1. The maximum atomic E-state index is 9.70. The molecule has 0 atom stereocenters. The van der Waals surface area contributed by atoms with Gasteiger partial charge in [0.2, 0.25) is 0 Å². The molecule has 0 aliphatic carbocycles. The summed E-state index contributed by atoms with van der Waals surface area (Å²) in [6, 6.07) is 11.4. The summed E-state index contributed by atoms with van der Waals surface area (Å²) < 4.78 is 0. The van der Waals surface area contributed by atoms with E-state index in [1.807, 2.05) is 24.3 Å². The second-order valence-electron chi connectivity index (χ2n) is 5.89. The lowest BCUT2D eigenvalue weighted by Crippen LogP contribution is -2.23. The summed E-state index contributed by atoms with van der Waals surface area (Å²) >= 11 is 0. The van der Waals surface area contributed by atoms with Crippen LogP contribution in [-0.4, -0.2) is 28.7 Å². The standard InChI is InChI=1S/C18H21NO2/c1-19-9-8-15-10-17(20)6-4-13(15)2-3-14-5-7-18(21)11-16(14)12-19/h4-7,10-11,20-21H,2-3,8-9,12H2,1H3. The van der Waals surface area contributed by atoms with Crippen molar-refractivity contribution >= 4 is 0 Å². The highest BCUT2D eigenvalue weighted by atomic mass is 16.3. The van der Waals surface area contributed by atoms with Gasteiger partial charge in [0.15, 0.2) is 0 Å². The van der Waals surface area contributed by atoms with Gasteiger partial charge in [-0.15, -0.1) is 0 Å². The zero-order valence-corrected chi connectivity index (χ0v) is 12.3. The van der Waals surface area contributed by atoms with Crippen molar-refractivity contribution in [3.8, 4) is 11.5 Å². The van der Waals surface area contributed by atoms with E-state index in [1.54, 1.807) is 12.1 Å². The molecule has 0 amide bonds. The molecule has 0 saturated heterocycles. The highest BCUT2D eigenvalue weighted by Crippen LogP contribution is 2.24. The van der Waals surface area contributed by atoms with Gasteiger partial charge in [0.05, 0.1) is 0 Å².